The number of fused-ring (bicyclic) bond motifs is 1. The van der Waals surface area contributed by atoms with Crippen LogP contribution in [0.4, 0.5) is 5.69 Å². The molecular formula is C22H24N2O5. The number of aryl methyl sites for hydroxylation is 1. The molecule has 2 aromatic rings. The number of benzene rings is 1. The van der Waals surface area contributed by atoms with E-state index in [1.165, 1.54) is 4.90 Å². The number of hydrogen-bond donors (Lipinski definition) is 0. The van der Waals surface area contributed by atoms with Crippen LogP contribution in [0.2, 0.25) is 0 Å². The summed E-state index contributed by atoms with van der Waals surface area (Å²) in [5, 5.41) is 0. The van der Waals surface area contributed by atoms with Crippen LogP contribution in [0.1, 0.15) is 28.2 Å². The Balaban J connectivity index is 1.66. The van der Waals surface area contributed by atoms with Crippen molar-refractivity contribution in [3.8, 4) is 5.75 Å². The van der Waals surface area contributed by atoms with Crippen molar-refractivity contribution in [3.63, 3.8) is 0 Å². The Morgan fingerprint density at radius 3 is 2.79 bits per heavy atom. The highest BCUT2D eigenvalue weighted by Crippen LogP contribution is 2.30. The van der Waals surface area contributed by atoms with Crippen LogP contribution in [-0.2, 0) is 20.9 Å². The average molecular weight is 396 g/mol. The summed E-state index contributed by atoms with van der Waals surface area (Å²) in [4.78, 5) is 38.6. The van der Waals surface area contributed by atoms with Crippen molar-refractivity contribution in [2.75, 3.05) is 24.7 Å². The van der Waals surface area contributed by atoms with Crippen LogP contribution >= 0.6 is 0 Å². The molecule has 7 nitrogen and oxygen atoms in total. The largest absolute Gasteiger partial charge is 0.491 e. The lowest BCUT2D eigenvalue weighted by Gasteiger charge is -2.20. The van der Waals surface area contributed by atoms with E-state index in [1.54, 1.807) is 36.4 Å². The van der Waals surface area contributed by atoms with E-state index in [1.807, 2.05) is 18.4 Å². The highest BCUT2D eigenvalue weighted by atomic mass is 16.5. The summed E-state index contributed by atoms with van der Waals surface area (Å²) < 4.78 is 12.7. The van der Waals surface area contributed by atoms with E-state index in [2.05, 4.69) is 6.58 Å². The zero-order valence-corrected chi connectivity index (χ0v) is 16.6. The minimum Gasteiger partial charge on any atom is -0.491 e. The van der Waals surface area contributed by atoms with E-state index in [0.29, 0.717) is 23.5 Å². The predicted molar refractivity (Wildman–Crippen MR) is 108 cm³/mol. The van der Waals surface area contributed by atoms with Gasteiger partial charge in [0.15, 0.2) is 6.61 Å². The molecule has 3 rings (SSSR count). The van der Waals surface area contributed by atoms with Gasteiger partial charge in [-0.2, -0.15) is 0 Å². The zero-order valence-electron chi connectivity index (χ0n) is 16.6. The first kappa shape index (κ1) is 20.4. The fraction of sp³-hybridized carbons (Fsp3) is 0.318. The third-order valence-electron chi connectivity index (χ3n) is 4.87. The molecule has 0 aliphatic carbocycles. The van der Waals surface area contributed by atoms with Gasteiger partial charge in [-0.25, -0.2) is 0 Å². The molecule has 1 amide bonds. The molecule has 0 N–H and O–H groups in total. The quantitative estimate of drug-likeness (QED) is 0.409. The van der Waals surface area contributed by atoms with Gasteiger partial charge in [-0.05, 0) is 32.0 Å². The molecule has 0 unspecified atom stereocenters. The number of ketones is 1. The van der Waals surface area contributed by atoms with E-state index in [4.69, 9.17) is 9.47 Å². The summed E-state index contributed by atoms with van der Waals surface area (Å²) in [6.07, 6.45) is 1.92. The first-order valence-electron chi connectivity index (χ1n) is 9.41. The van der Waals surface area contributed by atoms with Gasteiger partial charge in [-0.1, -0.05) is 18.2 Å². The second kappa shape index (κ2) is 8.77. The predicted octanol–water partition coefficient (Wildman–Crippen LogP) is 2.83. The van der Waals surface area contributed by atoms with Gasteiger partial charge in [-0.3, -0.25) is 19.3 Å². The summed E-state index contributed by atoms with van der Waals surface area (Å²) in [7, 11) is 0. The second-order valence-electron chi connectivity index (χ2n) is 6.81. The summed E-state index contributed by atoms with van der Waals surface area (Å²) >= 11 is 0. The van der Waals surface area contributed by atoms with Crippen molar-refractivity contribution < 1.29 is 23.9 Å². The Labute approximate surface area is 169 Å². The van der Waals surface area contributed by atoms with E-state index < -0.39 is 5.97 Å². The SMILES string of the molecule is C=CCn1c(C)cc(C(=O)COC(=O)CN2C(=O)CCOc3ccccc32)c1C. The molecule has 1 aromatic heterocycles. The van der Waals surface area contributed by atoms with E-state index in [0.717, 1.165) is 11.4 Å². The number of aromatic nitrogens is 1. The third-order valence-corrected chi connectivity index (χ3v) is 4.87. The number of allylic oxidation sites excluding steroid dienone is 1. The number of hydrogen-bond acceptors (Lipinski definition) is 5. The van der Waals surface area contributed by atoms with Crippen LogP contribution in [-0.4, -0.2) is 42.0 Å². The summed E-state index contributed by atoms with van der Waals surface area (Å²) in [5.41, 5.74) is 2.77. The highest BCUT2D eigenvalue weighted by molar-refractivity contribution is 6.01. The maximum Gasteiger partial charge on any atom is 0.326 e. The zero-order chi connectivity index (χ0) is 21.0. The standard InChI is InChI=1S/C22H24N2O5/c1-4-10-23-15(2)12-17(16(23)3)19(25)14-29-22(27)13-24-18-7-5-6-8-20(18)28-11-9-21(24)26/h4-8,12H,1,9-11,13-14H2,2-3H3. The fourth-order valence-electron chi connectivity index (χ4n) is 3.39. The molecule has 1 aromatic carbocycles. The van der Waals surface area contributed by atoms with Gasteiger partial charge < -0.3 is 14.0 Å². The van der Waals surface area contributed by atoms with Crippen molar-refractivity contribution >= 4 is 23.3 Å². The van der Waals surface area contributed by atoms with Gasteiger partial charge in [0.2, 0.25) is 11.7 Å². The van der Waals surface area contributed by atoms with Crippen LogP contribution in [0.15, 0.2) is 43.0 Å². The summed E-state index contributed by atoms with van der Waals surface area (Å²) in [6, 6.07) is 8.80. The van der Waals surface area contributed by atoms with Gasteiger partial charge in [0, 0.05) is 23.5 Å². The van der Waals surface area contributed by atoms with Crippen LogP contribution in [0.3, 0.4) is 0 Å². The monoisotopic (exact) mass is 396 g/mol. The molecule has 0 spiro atoms. The fourth-order valence-corrected chi connectivity index (χ4v) is 3.39. The Hall–Kier alpha value is -3.35. The molecule has 7 heteroatoms. The summed E-state index contributed by atoms with van der Waals surface area (Å²) in [5.74, 6) is -0.626. The maximum atomic E-state index is 12.5. The average Bonchev–Trinajstić information content (AvgIpc) is 2.89. The van der Waals surface area contributed by atoms with Crippen LogP contribution in [0.5, 0.6) is 5.75 Å². The lowest BCUT2D eigenvalue weighted by Crippen LogP contribution is -2.36. The number of para-hydroxylation sites is 2. The topological polar surface area (TPSA) is 77.8 Å². The Bertz CT molecular complexity index is 960. The van der Waals surface area contributed by atoms with Crippen molar-refractivity contribution in [2.24, 2.45) is 0 Å². The molecule has 1 aliphatic rings. The van der Waals surface area contributed by atoms with E-state index >= 15 is 0 Å². The molecule has 0 radical (unpaired) electrons. The number of amides is 1. The number of rotatable bonds is 7. The highest BCUT2D eigenvalue weighted by Gasteiger charge is 2.26. The lowest BCUT2D eigenvalue weighted by atomic mass is 10.1. The Morgan fingerprint density at radius 1 is 1.28 bits per heavy atom. The van der Waals surface area contributed by atoms with Crippen molar-refractivity contribution in [2.45, 2.75) is 26.8 Å². The molecule has 0 saturated heterocycles. The van der Waals surface area contributed by atoms with Crippen LogP contribution in [0.25, 0.3) is 0 Å². The molecule has 29 heavy (non-hydrogen) atoms. The molecule has 0 saturated carbocycles. The van der Waals surface area contributed by atoms with Crippen molar-refractivity contribution in [1.82, 2.24) is 4.57 Å². The number of Topliss-reactive ketones (excluding diaryl/α,β-unsaturated/α-hetero) is 1. The number of carbonyl (C=O) groups is 3. The number of anilines is 1. The minimum absolute atomic E-state index is 0.163. The Morgan fingerprint density at radius 2 is 2.03 bits per heavy atom. The number of carbonyl (C=O) groups excluding carboxylic acids is 3. The smallest absolute Gasteiger partial charge is 0.326 e. The molecule has 1 aliphatic heterocycles. The minimum atomic E-state index is -0.650. The van der Waals surface area contributed by atoms with Gasteiger partial charge >= 0.3 is 5.97 Å². The number of ether oxygens (including phenoxy) is 2. The Kier molecular flexibility index (Phi) is 6.16. The third kappa shape index (κ3) is 4.39. The first-order chi connectivity index (χ1) is 13.9. The first-order valence-corrected chi connectivity index (χ1v) is 9.41. The number of nitrogens with zero attached hydrogens (tertiary/aromatic N) is 2. The van der Waals surface area contributed by atoms with E-state index in [9.17, 15) is 14.4 Å². The summed E-state index contributed by atoms with van der Waals surface area (Å²) in [6.45, 7) is 7.67. The van der Waals surface area contributed by atoms with Crippen LogP contribution < -0.4 is 9.64 Å². The number of esters is 1. The van der Waals surface area contributed by atoms with Crippen LogP contribution in [0, 0.1) is 13.8 Å². The van der Waals surface area contributed by atoms with Gasteiger partial charge in [-0.15, -0.1) is 6.58 Å². The van der Waals surface area contributed by atoms with Crippen molar-refractivity contribution in [1.29, 1.82) is 0 Å². The second-order valence-corrected chi connectivity index (χ2v) is 6.81. The maximum absolute atomic E-state index is 12.5. The molecule has 0 atom stereocenters. The van der Waals surface area contributed by atoms with E-state index in [-0.39, 0.29) is 37.9 Å². The van der Waals surface area contributed by atoms with Gasteiger partial charge in [0.25, 0.3) is 0 Å². The molecule has 0 fully saturated rings. The van der Waals surface area contributed by atoms with Gasteiger partial charge in [0.05, 0.1) is 18.7 Å². The molecular weight excluding hydrogens is 372 g/mol. The molecule has 152 valence electrons. The lowest BCUT2D eigenvalue weighted by molar-refractivity contribution is -0.141. The molecule has 2 heterocycles. The molecule has 0 bridgehead atoms. The normalized spacial score (nSPS) is 13.3. The van der Waals surface area contributed by atoms with Gasteiger partial charge in [0.1, 0.15) is 12.3 Å². The van der Waals surface area contributed by atoms with Crippen molar-refractivity contribution in [3.05, 3.63) is 59.9 Å².